The SMILES string of the molecule is CCc1[nH]c2nc(Cc3cnc4c(c3)ncc(=O)n4CCO)nc(N(CC)CC)c2c1C. The van der Waals surface area contributed by atoms with Crippen LogP contribution >= 0.6 is 0 Å². The summed E-state index contributed by atoms with van der Waals surface area (Å²) in [6.07, 6.45) is 4.39. The molecule has 0 saturated heterocycles. The maximum atomic E-state index is 12.1. The quantitative estimate of drug-likeness (QED) is 0.437. The lowest BCUT2D eigenvalue weighted by atomic mass is 10.1. The van der Waals surface area contributed by atoms with E-state index in [1.165, 1.54) is 22.0 Å². The standard InChI is InChI=1S/C23H29N7O2/c1-5-16-14(4)20-21(26-16)27-18(28-23(20)29(6-2)7-3)11-15-10-17-22(25-12-15)30(8-9-31)19(32)13-24-17/h10,12-13,31H,5-9,11H2,1-4H3,(H,26,27,28). The number of aromatic amines is 1. The first-order chi connectivity index (χ1) is 15.5. The monoisotopic (exact) mass is 435 g/mol. The van der Waals surface area contributed by atoms with E-state index in [9.17, 15) is 9.90 Å². The summed E-state index contributed by atoms with van der Waals surface area (Å²) in [7, 11) is 0. The van der Waals surface area contributed by atoms with Crippen LogP contribution in [-0.2, 0) is 19.4 Å². The van der Waals surface area contributed by atoms with E-state index in [4.69, 9.17) is 9.97 Å². The van der Waals surface area contributed by atoms with E-state index < -0.39 is 0 Å². The van der Waals surface area contributed by atoms with Gasteiger partial charge in [0.1, 0.15) is 22.8 Å². The fourth-order valence-electron chi connectivity index (χ4n) is 4.19. The van der Waals surface area contributed by atoms with Crippen molar-refractivity contribution in [3.05, 3.63) is 51.5 Å². The van der Waals surface area contributed by atoms with Crippen LogP contribution in [0.25, 0.3) is 22.2 Å². The highest BCUT2D eigenvalue weighted by molar-refractivity contribution is 5.92. The summed E-state index contributed by atoms with van der Waals surface area (Å²) in [5.74, 6) is 1.65. The van der Waals surface area contributed by atoms with Crippen molar-refractivity contribution in [3.63, 3.8) is 0 Å². The van der Waals surface area contributed by atoms with Crippen molar-refractivity contribution >= 4 is 28.0 Å². The van der Waals surface area contributed by atoms with Crippen molar-refractivity contribution < 1.29 is 5.11 Å². The molecule has 0 unspecified atom stereocenters. The minimum atomic E-state index is -0.279. The average Bonchev–Trinajstić information content (AvgIpc) is 3.12. The number of nitrogens with one attached hydrogen (secondary N) is 1. The van der Waals surface area contributed by atoms with E-state index in [1.807, 2.05) is 6.07 Å². The van der Waals surface area contributed by atoms with Crippen LogP contribution in [-0.4, -0.2) is 54.3 Å². The van der Waals surface area contributed by atoms with Crippen LogP contribution in [0.2, 0.25) is 0 Å². The Morgan fingerprint density at radius 3 is 2.59 bits per heavy atom. The topological polar surface area (TPSA) is 113 Å². The summed E-state index contributed by atoms with van der Waals surface area (Å²) in [6, 6.07) is 1.90. The Labute approximate surface area is 186 Å². The summed E-state index contributed by atoms with van der Waals surface area (Å²) in [5.41, 5.74) is 4.93. The van der Waals surface area contributed by atoms with Crippen molar-refractivity contribution in [1.29, 1.82) is 0 Å². The number of anilines is 1. The molecule has 0 aromatic carbocycles. The van der Waals surface area contributed by atoms with Crippen LogP contribution in [0.5, 0.6) is 0 Å². The number of nitrogens with zero attached hydrogens (tertiary/aromatic N) is 6. The molecule has 168 valence electrons. The zero-order valence-corrected chi connectivity index (χ0v) is 19.0. The molecule has 0 aliphatic rings. The summed E-state index contributed by atoms with van der Waals surface area (Å²) in [6.45, 7) is 10.3. The Bertz CT molecular complexity index is 1320. The van der Waals surface area contributed by atoms with Crippen LogP contribution in [0.15, 0.2) is 23.3 Å². The molecular weight excluding hydrogens is 406 g/mol. The van der Waals surface area contributed by atoms with Gasteiger partial charge >= 0.3 is 0 Å². The summed E-state index contributed by atoms with van der Waals surface area (Å²) < 4.78 is 1.43. The predicted octanol–water partition coefficient (Wildman–Crippen LogP) is 2.36. The van der Waals surface area contributed by atoms with Gasteiger partial charge in [0.25, 0.3) is 5.56 Å². The Kier molecular flexibility index (Phi) is 6.18. The highest BCUT2D eigenvalue weighted by Crippen LogP contribution is 2.30. The van der Waals surface area contributed by atoms with Crippen molar-refractivity contribution in [2.24, 2.45) is 0 Å². The molecule has 4 aromatic heterocycles. The molecule has 0 saturated carbocycles. The molecule has 9 nitrogen and oxygen atoms in total. The molecule has 4 rings (SSSR count). The fraction of sp³-hybridized carbons (Fsp3) is 0.435. The number of hydrogen-bond donors (Lipinski definition) is 2. The first kappa shape index (κ1) is 21.9. The molecule has 0 spiro atoms. The number of rotatable bonds is 8. The molecule has 32 heavy (non-hydrogen) atoms. The van der Waals surface area contributed by atoms with Gasteiger partial charge in [-0.05, 0) is 44.4 Å². The van der Waals surface area contributed by atoms with Crippen molar-refractivity contribution in [3.8, 4) is 0 Å². The number of aromatic nitrogens is 6. The average molecular weight is 436 g/mol. The molecule has 0 atom stereocenters. The second kappa shape index (κ2) is 9.04. The van der Waals surface area contributed by atoms with Gasteiger partial charge in [-0.25, -0.2) is 19.9 Å². The summed E-state index contributed by atoms with van der Waals surface area (Å²) in [5, 5.41) is 10.3. The van der Waals surface area contributed by atoms with Gasteiger partial charge in [-0.15, -0.1) is 0 Å². The van der Waals surface area contributed by atoms with Crippen LogP contribution < -0.4 is 10.5 Å². The lowest BCUT2D eigenvalue weighted by Gasteiger charge is -2.21. The van der Waals surface area contributed by atoms with Gasteiger partial charge in [0.2, 0.25) is 0 Å². The van der Waals surface area contributed by atoms with Crippen LogP contribution in [0.4, 0.5) is 5.82 Å². The third-order valence-electron chi connectivity index (χ3n) is 5.88. The van der Waals surface area contributed by atoms with Gasteiger partial charge in [-0.3, -0.25) is 9.36 Å². The van der Waals surface area contributed by atoms with Crippen LogP contribution in [0.3, 0.4) is 0 Å². The number of fused-ring (bicyclic) bond motifs is 2. The largest absolute Gasteiger partial charge is 0.395 e. The van der Waals surface area contributed by atoms with E-state index in [2.05, 4.69) is 47.5 Å². The normalized spacial score (nSPS) is 11.5. The predicted molar refractivity (Wildman–Crippen MR) is 125 cm³/mol. The Balaban J connectivity index is 1.79. The van der Waals surface area contributed by atoms with Gasteiger partial charge in [0.15, 0.2) is 5.65 Å². The zero-order valence-electron chi connectivity index (χ0n) is 19.0. The van der Waals surface area contributed by atoms with Crippen molar-refractivity contribution in [2.75, 3.05) is 24.6 Å². The number of pyridine rings is 1. The molecular formula is C23H29N7O2. The van der Waals surface area contributed by atoms with Crippen LogP contribution in [0.1, 0.15) is 43.4 Å². The molecule has 0 radical (unpaired) electrons. The molecule has 0 aliphatic carbocycles. The zero-order chi connectivity index (χ0) is 22.8. The minimum absolute atomic E-state index is 0.139. The van der Waals surface area contributed by atoms with Gasteiger partial charge in [0.05, 0.1) is 24.7 Å². The molecule has 2 N–H and O–H groups in total. The molecule has 0 aliphatic heterocycles. The lowest BCUT2D eigenvalue weighted by molar-refractivity contribution is 0.276. The Morgan fingerprint density at radius 2 is 1.91 bits per heavy atom. The molecule has 0 fully saturated rings. The second-order valence-corrected chi connectivity index (χ2v) is 7.78. The summed E-state index contributed by atoms with van der Waals surface area (Å²) in [4.78, 5) is 36.2. The van der Waals surface area contributed by atoms with E-state index in [0.29, 0.717) is 23.4 Å². The first-order valence-corrected chi connectivity index (χ1v) is 11.1. The second-order valence-electron chi connectivity index (χ2n) is 7.78. The third kappa shape index (κ3) is 3.84. The molecule has 4 heterocycles. The van der Waals surface area contributed by atoms with Crippen molar-refractivity contribution in [2.45, 2.75) is 47.1 Å². The highest BCUT2D eigenvalue weighted by atomic mass is 16.3. The van der Waals surface area contributed by atoms with Gasteiger partial charge < -0.3 is 15.0 Å². The number of aliphatic hydroxyl groups is 1. The Morgan fingerprint density at radius 1 is 1.12 bits per heavy atom. The number of aryl methyl sites for hydroxylation is 2. The minimum Gasteiger partial charge on any atom is -0.395 e. The van der Waals surface area contributed by atoms with Gasteiger partial charge in [-0.1, -0.05) is 6.92 Å². The van der Waals surface area contributed by atoms with Gasteiger partial charge in [0, 0.05) is 31.4 Å². The number of aliphatic hydroxyl groups excluding tert-OH is 1. The third-order valence-corrected chi connectivity index (χ3v) is 5.88. The highest BCUT2D eigenvalue weighted by Gasteiger charge is 2.19. The first-order valence-electron chi connectivity index (χ1n) is 11.1. The van der Waals surface area contributed by atoms with E-state index >= 15 is 0 Å². The number of H-pyrrole nitrogens is 1. The molecule has 0 bridgehead atoms. The summed E-state index contributed by atoms with van der Waals surface area (Å²) >= 11 is 0. The lowest BCUT2D eigenvalue weighted by Crippen LogP contribution is -2.24. The molecule has 4 aromatic rings. The van der Waals surface area contributed by atoms with E-state index in [-0.39, 0.29) is 18.7 Å². The molecule has 0 amide bonds. The fourth-order valence-corrected chi connectivity index (χ4v) is 4.19. The Hall–Kier alpha value is -3.33. The number of hydrogen-bond acceptors (Lipinski definition) is 7. The smallest absolute Gasteiger partial charge is 0.270 e. The van der Waals surface area contributed by atoms with Gasteiger partial charge in [-0.2, -0.15) is 0 Å². The maximum absolute atomic E-state index is 12.1. The van der Waals surface area contributed by atoms with Crippen LogP contribution in [0, 0.1) is 6.92 Å². The maximum Gasteiger partial charge on any atom is 0.270 e. The molecule has 9 heteroatoms. The van der Waals surface area contributed by atoms with E-state index in [0.717, 1.165) is 41.9 Å². The van der Waals surface area contributed by atoms with E-state index in [1.54, 1.807) is 6.20 Å². The van der Waals surface area contributed by atoms with Crippen molar-refractivity contribution in [1.82, 2.24) is 29.5 Å².